The molecule has 2 rings (SSSR count). The number of ether oxygens (including phenoxy) is 4. The molecule has 1 aromatic rings. The van der Waals surface area contributed by atoms with Crippen molar-refractivity contribution in [2.75, 3.05) is 13.7 Å². The summed E-state index contributed by atoms with van der Waals surface area (Å²) in [7, 11) is 1.24. The maximum absolute atomic E-state index is 12.0. The Hall–Kier alpha value is -2.38. The Morgan fingerprint density at radius 2 is 1.92 bits per heavy atom. The lowest BCUT2D eigenvalue weighted by molar-refractivity contribution is -0.205. The number of benzene rings is 1. The zero-order valence-electron chi connectivity index (χ0n) is 15.5. The lowest BCUT2D eigenvalue weighted by Crippen LogP contribution is -2.35. The van der Waals surface area contributed by atoms with E-state index in [1.54, 1.807) is 20.8 Å². The average Bonchev–Trinajstić information content (AvgIpc) is 2.60. The molecule has 1 N–H and O–H groups in total. The minimum absolute atomic E-state index is 0.0274. The smallest absolute Gasteiger partial charge is 0.412 e. The van der Waals surface area contributed by atoms with Crippen molar-refractivity contribution < 1.29 is 28.5 Å². The highest BCUT2D eigenvalue weighted by Crippen LogP contribution is 2.27. The SMILES string of the molecule is COC(=O)/C(=C/[C@@H]1CCO[C@H](c2ccccc2)O1)NC(=O)OC(C)(C)C. The van der Waals surface area contributed by atoms with Crippen molar-refractivity contribution in [1.29, 1.82) is 0 Å². The van der Waals surface area contributed by atoms with Crippen molar-refractivity contribution >= 4 is 12.1 Å². The van der Waals surface area contributed by atoms with Crippen molar-refractivity contribution in [2.45, 2.75) is 45.2 Å². The van der Waals surface area contributed by atoms with Crippen LogP contribution in [-0.2, 0) is 23.7 Å². The highest BCUT2D eigenvalue weighted by molar-refractivity contribution is 5.92. The highest BCUT2D eigenvalue weighted by atomic mass is 16.7. The number of rotatable bonds is 4. The number of esters is 1. The molecule has 0 saturated carbocycles. The van der Waals surface area contributed by atoms with E-state index < -0.39 is 30.1 Å². The first-order valence-corrected chi connectivity index (χ1v) is 8.40. The summed E-state index contributed by atoms with van der Waals surface area (Å²) in [6, 6.07) is 9.49. The highest BCUT2D eigenvalue weighted by Gasteiger charge is 2.26. The van der Waals surface area contributed by atoms with Gasteiger partial charge >= 0.3 is 12.1 Å². The second-order valence-electron chi connectivity index (χ2n) is 6.78. The van der Waals surface area contributed by atoms with Crippen LogP contribution >= 0.6 is 0 Å². The summed E-state index contributed by atoms with van der Waals surface area (Å²) in [5, 5.41) is 2.43. The topological polar surface area (TPSA) is 83.1 Å². The molecule has 0 spiro atoms. The van der Waals surface area contributed by atoms with Gasteiger partial charge < -0.3 is 18.9 Å². The van der Waals surface area contributed by atoms with Crippen LogP contribution in [0.25, 0.3) is 0 Å². The first-order chi connectivity index (χ1) is 12.3. The van der Waals surface area contributed by atoms with Gasteiger partial charge in [0.15, 0.2) is 6.29 Å². The molecule has 1 heterocycles. The average molecular weight is 363 g/mol. The van der Waals surface area contributed by atoms with E-state index in [2.05, 4.69) is 5.32 Å². The predicted octanol–water partition coefficient (Wildman–Crippen LogP) is 3.07. The van der Waals surface area contributed by atoms with Crippen molar-refractivity contribution in [3.63, 3.8) is 0 Å². The zero-order valence-corrected chi connectivity index (χ0v) is 15.5. The van der Waals surface area contributed by atoms with Gasteiger partial charge in [0.1, 0.15) is 11.3 Å². The monoisotopic (exact) mass is 363 g/mol. The molecule has 1 aromatic carbocycles. The van der Waals surface area contributed by atoms with Crippen LogP contribution in [-0.4, -0.2) is 37.5 Å². The van der Waals surface area contributed by atoms with Crippen LogP contribution in [0.4, 0.5) is 4.79 Å². The third-order valence-corrected chi connectivity index (χ3v) is 3.44. The standard InChI is InChI=1S/C19H25NO6/c1-19(2,3)26-18(22)20-15(16(21)23-4)12-14-10-11-24-17(25-14)13-8-6-5-7-9-13/h5-9,12,14,17H,10-11H2,1-4H3,(H,20,22)/b15-12-/t14-,17-/m0/s1. The van der Waals surface area contributed by atoms with Crippen LogP contribution in [0.1, 0.15) is 39.0 Å². The normalized spacial score (nSPS) is 21.0. The van der Waals surface area contributed by atoms with E-state index in [4.69, 9.17) is 18.9 Å². The van der Waals surface area contributed by atoms with Gasteiger partial charge in [-0.05, 0) is 26.8 Å². The van der Waals surface area contributed by atoms with E-state index >= 15 is 0 Å². The van der Waals surface area contributed by atoms with Gasteiger partial charge in [-0.3, -0.25) is 5.32 Å². The third kappa shape index (κ3) is 6.16. The van der Waals surface area contributed by atoms with E-state index in [9.17, 15) is 9.59 Å². The Labute approximate surface area is 153 Å². The number of hydrogen-bond acceptors (Lipinski definition) is 6. The van der Waals surface area contributed by atoms with E-state index in [1.807, 2.05) is 30.3 Å². The Morgan fingerprint density at radius 3 is 2.54 bits per heavy atom. The number of methoxy groups -OCH3 is 1. The zero-order chi connectivity index (χ0) is 19.2. The fourth-order valence-corrected chi connectivity index (χ4v) is 2.34. The molecule has 142 valence electrons. The predicted molar refractivity (Wildman–Crippen MR) is 94.1 cm³/mol. The van der Waals surface area contributed by atoms with Gasteiger partial charge in [0.25, 0.3) is 0 Å². The molecule has 7 heteroatoms. The minimum atomic E-state index is -0.735. The quantitative estimate of drug-likeness (QED) is 0.654. The summed E-state index contributed by atoms with van der Waals surface area (Å²) in [5.74, 6) is -0.679. The molecule has 1 fully saturated rings. The minimum Gasteiger partial charge on any atom is -0.464 e. The molecule has 26 heavy (non-hydrogen) atoms. The second-order valence-corrected chi connectivity index (χ2v) is 6.78. The molecule has 0 bridgehead atoms. The van der Waals surface area contributed by atoms with E-state index in [1.165, 1.54) is 13.2 Å². The van der Waals surface area contributed by atoms with Gasteiger partial charge in [0, 0.05) is 12.0 Å². The van der Waals surface area contributed by atoms with Gasteiger partial charge in [-0.25, -0.2) is 9.59 Å². The lowest BCUT2D eigenvalue weighted by atomic mass is 10.1. The van der Waals surface area contributed by atoms with Gasteiger partial charge in [-0.2, -0.15) is 0 Å². The summed E-state index contributed by atoms with van der Waals surface area (Å²) in [6.07, 6.45) is 0.374. The first-order valence-electron chi connectivity index (χ1n) is 8.40. The van der Waals surface area contributed by atoms with E-state index in [0.717, 1.165) is 5.56 Å². The van der Waals surface area contributed by atoms with Crippen molar-refractivity contribution in [1.82, 2.24) is 5.32 Å². The number of hydrogen-bond donors (Lipinski definition) is 1. The van der Waals surface area contributed by atoms with Crippen LogP contribution < -0.4 is 5.32 Å². The van der Waals surface area contributed by atoms with Gasteiger partial charge in [0.05, 0.1) is 19.8 Å². The summed E-state index contributed by atoms with van der Waals surface area (Å²) >= 11 is 0. The largest absolute Gasteiger partial charge is 0.464 e. The maximum atomic E-state index is 12.0. The Bertz CT molecular complexity index is 650. The molecule has 0 aliphatic carbocycles. The van der Waals surface area contributed by atoms with Crippen LogP contribution in [0.5, 0.6) is 0 Å². The third-order valence-electron chi connectivity index (χ3n) is 3.44. The van der Waals surface area contributed by atoms with Crippen LogP contribution in [0, 0.1) is 0 Å². The molecule has 2 atom stereocenters. The molecule has 7 nitrogen and oxygen atoms in total. The second kappa shape index (κ2) is 8.82. The lowest BCUT2D eigenvalue weighted by Gasteiger charge is -2.29. The van der Waals surface area contributed by atoms with Gasteiger partial charge in [-0.1, -0.05) is 30.3 Å². The number of nitrogens with one attached hydrogen (secondary N) is 1. The molecule has 0 aromatic heterocycles. The Kier molecular flexibility index (Phi) is 6.76. The number of carbonyl (C=O) groups excluding carboxylic acids is 2. The fraction of sp³-hybridized carbons (Fsp3) is 0.474. The summed E-state index contributed by atoms with van der Waals surface area (Å²) in [6.45, 7) is 5.67. The molecule has 1 saturated heterocycles. The Balaban J connectivity index is 2.10. The molecule has 1 amide bonds. The van der Waals surface area contributed by atoms with Crippen LogP contribution in [0.2, 0.25) is 0 Å². The summed E-state index contributed by atoms with van der Waals surface area (Å²) in [5.41, 5.74) is 0.171. The molecular weight excluding hydrogens is 338 g/mol. The Morgan fingerprint density at radius 1 is 1.23 bits per heavy atom. The van der Waals surface area contributed by atoms with Crippen LogP contribution in [0.3, 0.4) is 0 Å². The molecule has 1 aliphatic rings. The van der Waals surface area contributed by atoms with E-state index in [0.29, 0.717) is 13.0 Å². The van der Waals surface area contributed by atoms with Crippen molar-refractivity contribution in [3.05, 3.63) is 47.7 Å². The molecule has 0 unspecified atom stereocenters. The van der Waals surface area contributed by atoms with Gasteiger partial charge in [-0.15, -0.1) is 0 Å². The number of alkyl carbamates (subject to hydrolysis) is 1. The fourth-order valence-electron chi connectivity index (χ4n) is 2.34. The number of carbonyl (C=O) groups is 2. The summed E-state index contributed by atoms with van der Waals surface area (Å²) < 4.78 is 21.4. The summed E-state index contributed by atoms with van der Waals surface area (Å²) in [4.78, 5) is 24.0. The molecule has 1 aliphatic heterocycles. The molecular formula is C19H25NO6. The van der Waals surface area contributed by atoms with Crippen molar-refractivity contribution in [3.8, 4) is 0 Å². The van der Waals surface area contributed by atoms with E-state index in [-0.39, 0.29) is 5.70 Å². The first kappa shape index (κ1) is 19.9. The van der Waals surface area contributed by atoms with Crippen molar-refractivity contribution in [2.24, 2.45) is 0 Å². The number of amides is 1. The van der Waals surface area contributed by atoms with Gasteiger partial charge in [0.2, 0.25) is 0 Å². The molecule has 0 radical (unpaired) electrons. The van der Waals surface area contributed by atoms with Crippen LogP contribution in [0.15, 0.2) is 42.1 Å². The maximum Gasteiger partial charge on any atom is 0.412 e.